The summed E-state index contributed by atoms with van der Waals surface area (Å²) in [4.78, 5) is 0. The minimum Gasteiger partial charge on any atom is -0.368 e. The first-order valence-electron chi connectivity index (χ1n) is 6.50. The number of epoxide rings is 1. The fourth-order valence-corrected chi connectivity index (χ4v) is 2.82. The molecule has 0 amide bonds. The summed E-state index contributed by atoms with van der Waals surface area (Å²) in [7, 11) is 0. The van der Waals surface area contributed by atoms with Crippen LogP contribution in [0.5, 0.6) is 0 Å². The molecule has 17 heavy (non-hydrogen) atoms. The lowest BCUT2D eigenvalue weighted by atomic mass is 9.72. The van der Waals surface area contributed by atoms with Gasteiger partial charge in [-0.25, -0.2) is 0 Å². The standard InChI is InChI=1S/C16H24O/c1-15(2,3)11-16(4,5)13-8-6-12(7-9-13)14-10-17-14/h6-9,14H,10-11H2,1-5H3. The van der Waals surface area contributed by atoms with Crippen LogP contribution >= 0.6 is 0 Å². The SMILES string of the molecule is CC(C)(C)CC(C)(C)c1ccc(C2CO2)cc1. The molecule has 1 aliphatic heterocycles. The lowest BCUT2D eigenvalue weighted by Crippen LogP contribution is -2.24. The molecule has 1 unspecified atom stereocenters. The predicted molar refractivity (Wildman–Crippen MR) is 72.2 cm³/mol. The molecule has 94 valence electrons. The third-order valence-corrected chi connectivity index (χ3v) is 3.37. The Morgan fingerprint density at radius 2 is 1.59 bits per heavy atom. The van der Waals surface area contributed by atoms with Gasteiger partial charge in [-0.1, -0.05) is 58.9 Å². The Labute approximate surface area is 105 Å². The Morgan fingerprint density at radius 1 is 1.06 bits per heavy atom. The molecule has 0 spiro atoms. The van der Waals surface area contributed by atoms with E-state index < -0.39 is 0 Å². The largest absolute Gasteiger partial charge is 0.368 e. The van der Waals surface area contributed by atoms with Gasteiger partial charge in [-0.3, -0.25) is 0 Å². The van der Waals surface area contributed by atoms with Crippen molar-refractivity contribution in [3.05, 3.63) is 35.4 Å². The zero-order valence-corrected chi connectivity index (χ0v) is 11.7. The molecular weight excluding hydrogens is 208 g/mol. The second-order valence-corrected chi connectivity index (χ2v) is 7.07. The second-order valence-electron chi connectivity index (χ2n) is 7.07. The van der Waals surface area contributed by atoms with E-state index in [0.29, 0.717) is 11.5 Å². The highest BCUT2D eigenvalue weighted by Gasteiger charge is 2.28. The van der Waals surface area contributed by atoms with Crippen molar-refractivity contribution in [2.24, 2.45) is 5.41 Å². The fraction of sp³-hybridized carbons (Fsp3) is 0.625. The van der Waals surface area contributed by atoms with E-state index in [1.54, 1.807) is 0 Å². The Morgan fingerprint density at radius 3 is 2.00 bits per heavy atom. The van der Waals surface area contributed by atoms with E-state index >= 15 is 0 Å². The van der Waals surface area contributed by atoms with E-state index in [-0.39, 0.29) is 5.41 Å². The van der Waals surface area contributed by atoms with Gasteiger partial charge in [-0.05, 0) is 28.4 Å². The second kappa shape index (κ2) is 4.13. The van der Waals surface area contributed by atoms with Gasteiger partial charge < -0.3 is 4.74 Å². The van der Waals surface area contributed by atoms with Crippen molar-refractivity contribution in [3.63, 3.8) is 0 Å². The first kappa shape index (κ1) is 12.6. The first-order chi connectivity index (χ1) is 7.78. The van der Waals surface area contributed by atoms with Crippen LogP contribution in [0, 0.1) is 5.41 Å². The molecular formula is C16H24O. The molecule has 0 aromatic heterocycles. The topological polar surface area (TPSA) is 12.5 Å². The van der Waals surface area contributed by atoms with E-state index in [1.165, 1.54) is 17.5 Å². The van der Waals surface area contributed by atoms with E-state index in [1.807, 2.05) is 0 Å². The summed E-state index contributed by atoms with van der Waals surface area (Å²) in [5.74, 6) is 0. The molecule has 0 radical (unpaired) electrons. The molecule has 0 aliphatic carbocycles. The third-order valence-electron chi connectivity index (χ3n) is 3.37. The summed E-state index contributed by atoms with van der Waals surface area (Å²) in [5.41, 5.74) is 3.35. The summed E-state index contributed by atoms with van der Waals surface area (Å²) >= 11 is 0. The van der Waals surface area contributed by atoms with Crippen molar-refractivity contribution in [1.82, 2.24) is 0 Å². The van der Waals surface area contributed by atoms with Crippen LogP contribution in [0.3, 0.4) is 0 Å². The molecule has 1 nitrogen and oxygen atoms in total. The zero-order chi connectivity index (χ0) is 12.7. The minimum atomic E-state index is 0.237. The zero-order valence-electron chi connectivity index (χ0n) is 11.7. The maximum Gasteiger partial charge on any atom is 0.106 e. The molecule has 2 rings (SSSR count). The number of hydrogen-bond donors (Lipinski definition) is 0. The van der Waals surface area contributed by atoms with Crippen LogP contribution in [0.15, 0.2) is 24.3 Å². The molecule has 1 saturated heterocycles. The molecule has 0 N–H and O–H groups in total. The summed E-state index contributed by atoms with van der Waals surface area (Å²) in [6.45, 7) is 12.5. The highest BCUT2D eigenvalue weighted by molar-refractivity contribution is 5.30. The average Bonchev–Trinajstić information content (AvgIpc) is 2.97. The lowest BCUT2D eigenvalue weighted by molar-refractivity contribution is 0.284. The number of rotatable bonds is 3. The first-order valence-corrected chi connectivity index (χ1v) is 6.50. The number of ether oxygens (including phenoxy) is 1. The van der Waals surface area contributed by atoms with Crippen LogP contribution in [0.4, 0.5) is 0 Å². The predicted octanol–water partition coefficient (Wildman–Crippen LogP) is 4.47. The van der Waals surface area contributed by atoms with Crippen molar-refractivity contribution >= 4 is 0 Å². The molecule has 1 aromatic carbocycles. The van der Waals surface area contributed by atoms with Gasteiger partial charge in [0.05, 0.1) is 6.61 Å². The molecule has 1 atom stereocenters. The van der Waals surface area contributed by atoms with Gasteiger partial charge in [0.2, 0.25) is 0 Å². The Kier molecular flexibility index (Phi) is 3.07. The Hall–Kier alpha value is -0.820. The lowest BCUT2D eigenvalue weighted by Gasteiger charge is -2.33. The van der Waals surface area contributed by atoms with E-state index in [4.69, 9.17) is 4.74 Å². The Bertz CT molecular complexity index is 377. The van der Waals surface area contributed by atoms with Gasteiger partial charge in [-0.15, -0.1) is 0 Å². The third kappa shape index (κ3) is 3.32. The van der Waals surface area contributed by atoms with E-state index in [2.05, 4.69) is 58.9 Å². The van der Waals surface area contributed by atoms with Gasteiger partial charge in [0.1, 0.15) is 6.10 Å². The van der Waals surface area contributed by atoms with Crippen LogP contribution in [-0.4, -0.2) is 6.61 Å². The summed E-state index contributed by atoms with van der Waals surface area (Å²) in [6.07, 6.45) is 1.56. The maximum absolute atomic E-state index is 5.30. The highest BCUT2D eigenvalue weighted by Crippen LogP contribution is 2.37. The number of hydrogen-bond acceptors (Lipinski definition) is 1. The molecule has 0 bridgehead atoms. The smallest absolute Gasteiger partial charge is 0.106 e. The molecule has 1 heterocycles. The fourth-order valence-electron chi connectivity index (χ4n) is 2.82. The molecule has 1 heteroatoms. The monoisotopic (exact) mass is 232 g/mol. The summed E-state index contributed by atoms with van der Waals surface area (Å²) in [5, 5.41) is 0. The molecule has 1 aromatic rings. The van der Waals surface area contributed by atoms with Gasteiger partial charge in [-0.2, -0.15) is 0 Å². The quantitative estimate of drug-likeness (QED) is 0.700. The van der Waals surface area contributed by atoms with Crippen LogP contribution in [0.2, 0.25) is 0 Å². The number of benzene rings is 1. The van der Waals surface area contributed by atoms with Gasteiger partial charge in [0, 0.05) is 0 Å². The summed E-state index contributed by atoms with van der Waals surface area (Å²) in [6, 6.07) is 8.97. The van der Waals surface area contributed by atoms with Crippen molar-refractivity contribution in [2.45, 2.75) is 52.6 Å². The van der Waals surface area contributed by atoms with Crippen LogP contribution < -0.4 is 0 Å². The van der Waals surface area contributed by atoms with E-state index in [0.717, 1.165) is 6.61 Å². The molecule has 1 fully saturated rings. The van der Waals surface area contributed by atoms with Gasteiger partial charge >= 0.3 is 0 Å². The van der Waals surface area contributed by atoms with Crippen LogP contribution in [0.25, 0.3) is 0 Å². The summed E-state index contributed by atoms with van der Waals surface area (Å²) < 4.78 is 5.30. The van der Waals surface area contributed by atoms with Gasteiger partial charge in [0.15, 0.2) is 0 Å². The molecule has 1 aliphatic rings. The van der Waals surface area contributed by atoms with Crippen LogP contribution in [0.1, 0.15) is 58.3 Å². The normalized spacial score (nSPS) is 20.4. The van der Waals surface area contributed by atoms with Crippen molar-refractivity contribution in [2.75, 3.05) is 6.61 Å². The molecule has 0 saturated carbocycles. The van der Waals surface area contributed by atoms with Crippen molar-refractivity contribution in [3.8, 4) is 0 Å². The average molecular weight is 232 g/mol. The van der Waals surface area contributed by atoms with Crippen LogP contribution in [-0.2, 0) is 10.2 Å². The van der Waals surface area contributed by atoms with E-state index in [9.17, 15) is 0 Å². The highest BCUT2D eigenvalue weighted by atomic mass is 16.6. The van der Waals surface area contributed by atoms with Crippen molar-refractivity contribution < 1.29 is 4.74 Å². The van der Waals surface area contributed by atoms with Gasteiger partial charge in [0.25, 0.3) is 0 Å². The minimum absolute atomic E-state index is 0.237. The maximum atomic E-state index is 5.30. The van der Waals surface area contributed by atoms with Crippen molar-refractivity contribution in [1.29, 1.82) is 0 Å². The Balaban J connectivity index is 2.14.